The van der Waals surface area contributed by atoms with Gasteiger partial charge in [0, 0.05) is 36.3 Å². The van der Waals surface area contributed by atoms with Crippen molar-refractivity contribution in [3.05, 3.63) is 52.6 Å². The highest BCUT2D eigenvalue weighted by atomic mass is 16.2. The Bertz CT molecular complexity index is 976. The van der Waals surface area contributed by atoms with Gasteiger partial charge in [0.05, 0.1) is 6.07 Å². The van der Waals surface area contributed by atoms with E-state index in [1.54, 1.807) is 0 Å². The number of hydrogen-bond acceptors (Lipinski definition) is 5. The number of benzene rings is 1. The van der Waals surface area contributed by atoms with Crippen LogP contribution in [0.15, 0.2) is 51.8 Å². The Morgan fingerprint density at radius 1 is 1.26 bits per heavy atom. The summed E-state index contributed by atoms with van der Waals surface area (Å²) in [6, 6.07) is 8.39. The molecule has 0 bridgehead atoms. The van der Waals surface area contributed by atoms with Gasteiger partial charge in [-0.15, -0.1) is 5.11 Å². The molecule has 1 aromatic rings. The standard InChI is InChI=1S/C24H30N6O/c1-3-11-30(12-4-2)24(31)21-13-20-10-9-19(18-7-5-17(16-25)6-8-18)14-22(20)27-23(15-21)28-29-26/h5,7,9-10,13-14,23,27H,3-4,6,8,11-12,15H2,1-2H3,(H2,26,28). The van der Waals surface area contributed by atoms with Gasteiger partial charge in [0.25, 0.3) is 0 Å². The van der Waals surface area contributed by atoms with Crippen molar-refractivity contribution < 1.29 is 4.79 Å². The van der Waals surface area contributed by atoms with E-state index >= 15 is 0 Å². The summed E-state index contributed by atoms with van der Waals surface area (Å²) in [4.78, 5) is 15.2. The zero-order valence-electron chi connectivity index (χ0n) is 18.3. The number of nitrogens with zero attached hydrogens (tertiary/aromatic N) is 4. The smallest absolute Gasteiger partial charge is 0.249 e. The number of anilines is 1. The second-order valence-corrected chi connectivity index (χ2v) is 7.85. The van der Waals surface area contributed by atoms with E-state index in [1.807, 2.05) is 29.2 Å². The maximum atomic E-state index is 13.2. The van der Waals surface area contributed by atoms with Gasteiger partial charge in [-0.3, -0.25) is 4.79 Å². The summed E-state index contributed by atoms with van der Waals surface area (Å²) in [5, 5.41) is 20.0. The fourth-order valence-electron chi connectivity index (χ4n) is 4.02. The van der Waals surface area contributed by atoms with Gasteiger partial charge in [0.2, 0.25) is 5.91 Å². The second kappa shape index (κ2) is 10.6. The molecule has 1 aliphatic carbocycles. The SMILES string of the molecule is CCCN(CCC)C(=O)C1=Cc2ccc(C3=CC=C(C#N)CC3)cc2NC(N=NN)C1. The van der Waals surface area contributed by atoms with E-state index in [-0.39, 0.29) is 5.91 Å². The first-order chi connectivity index (χ1) is 15.1. The lowest BCUT2D eigenvalue weighted by atomic mass is 9.92. The number of nitriles is 1. The normalized spacial score (nSPS) is 18.1. The first kappa shape index (κ1) is 22.3. The molecule has 1 amide bonds. The van der Waals surface area contributed by atoms with Gasteiger partial charge < -0.3 is 16.1 Å². The summed E-state index contributed by atoms with van der Waals surface area (Å²) in [7, 11) is 0. The summed E-state index contributed by atoms with van der Waals surface area (Å²) < 4.78 is 0. The third-order valence-corrected chi connectivity index (χ3v) is 5.54. The highest BCUT2D eigenvalue weighted by molar-refractivity contribution is 5.99. The lowest BCUT2D eigenvalue weighted by Crippen LogP contribution is -2.34. The predicted molar refractivity (Wildman–Crippen MR) is 124 cm³/mol. The van der Waals surface area contributed by atoms with Crippen molar-refractivity contribution in [2.45, 2.75) is 52.1 Å². The number of fused-ring (bicyclic) bond motifs is 1. The van der Waals surface area contributed by atoms with Crippen LogP contribution in [-0.4, -0.2) is 30.1 Å². The quantitative estimate of drug-likeness (QED) is 0.376. The van der Waals surface area contributed by atoms with Crippen molar-refractivity contribution in [3.8, 4) is 6.07 Å². The molecule has 7 nitrogen and oxygen atoms in total. The maximum Gasteiger partial charge on any atom is 0.249 e. The molecule has 0 fully saturated rings. The lowest BCUT2D eigenvalue weighted by molar-refractivity contribution is -0.127. The lowest BCUT2D eigenvalue weighted by Gasteiger charge is -2.23. The van der Waals surface area contributed by atoms with E-state index in [4.69, 9.17) is 11.1 Å². The number of carbonyl (C=O) groups excluding carboxylic acids is 1. The van der Waals surface area contributed by atoms with E-state index in [0.717, 1.165) is 61.2 Å². The first-order valence-electron chi connectivity index (χ1n) is 10.9. The van der Waals surface area contributed by atoms with E-state index in [1.165, 1.54) is 5.57 Å². The fourth-order valence-corrected chi connectivity index (χ4v) is 4.02. The van der Waals surface area contributed by atoms with Gasteiger partial charge >= 0.3 is 0 Å². The molecule has 0 spiro atoms. The molecule has 31 heavy (non-hydrogen) atoms. The number of nitrogens with two attached hydrogens (primary N) is 1. The summed E-state index contributed by atoms with van der Waals surface area (Å²) in [5.41, 5.74) is 5.61. The minimum atomic E-state index is -0.410. The van der Waals surface area contributed by atoms with E-state index in [9.17, 15) is 4.79 Å². The van der Waals surface area contributed by atoms with Gasteiger partial charge in [0.1, 0.15) is 6.17 Å². The molecule has 7 heteroatoms. The van der Waals surface area contributed by atoms with Crippen molar-refractivity contribution in [1.29, 1.82) is 5.26 Å². The van der Waals surface area contributed by atoms with Crippen molar-refractivity contribution in [2.75, 3.05) is 18.4 Å². The van der Waals surface area contributed by atoms with Gasteiger partial charge in [-0.2, -0.15) is 5.26 Å². The molecule has 0 saturated carbocycles. The average molecular weight is 419 g/mol. The molecule has 2 aliphatic rings. The molecule has 0 aromatic heterocycles. The molecule has 3 N–H and O–H groups in total. The van der Waals surface area contributed by atoms with Crippen molar-refractivity contribution in [2.24, 2.45) is 16.2 Å². The summed E-state index contributed by atoms with van der Waals surface area (Å²) in [6.45, 7) is 5.63. The minimum absolute atomic E-state index is 0.0452. The van der Waals surface area contributed by atoms with Crippen LogP contribution < -0.4 is 11.2 Å². The second-order valence-electron chi connectivity index (χ2n) is 7.85. The molecule has 0 radical (unpaired) electrons. The average Bonchev–Trinajstić information content (AvgIpc) is 2.97. The Balaban J connectivity index is 1.96. The van der Waals surface area contributed by atoms with Crippen LogP contribution in [0.25, 0.3) is 11.6 Å². The van der Waals surface area contributed by atoms with Crippen molar-refractivity contribution in [1.82, 2.24) is 4.90 Å². The Labute approximate surface area is 184 Å². The molecule has 1 aromatic carbocycles. The molecule has 1 atom stereocenters. The number of carbonyl (C=O) groups is 1. The van der Waals surface area contributed by atoms with Gasteiger partial charge in [-0.25, -0.2) is 0 Å². The molecular formula is C24H30N6O. The highest BCUT2D eigenvalue weighted by Gasteiger charge is 2.24. The van der Waals surface area contributed by atoms with Gasteiger partial charge in [-0.05, 0) is 60.6 Å². The van der Waals surface area contributed by atoms with E-state index in [0.29, 0.717) is 12.0 Å². The first-order valence-corrected chi connectivity index (χ1v) is 10.9. The van der Waals surface area contributed by atoms with Crippen molar-refractivity contribution in [3.63, 3.8) is 0 Å². The molecule has 0 saturated heterocycles. The Morgan fingerprint density at radius 2 is 2.03 bits per heavy atom. The van der Waals surface area contributed by atoms with Gasteiger partial charge in [0.15, 0.2) is 0 Å². The number of allylic oxidation sites excluding steroid dienone is 4. The maximum absolute atomic E-state index is 13.2. The molecule has 162 valence electrons. The third kappa shape index (κ3) is 5.40. The van der Waals surface area contributed by atoms with Crippen LogP contribution in [-0.2, 0) is 4.79 Å². The molecular weight excluding hydrogens is 388 g/mol. The van der Waals surface area contributed by atoms with Gasteiger partial charge in [-0.1, -0.05) is 37.3 Å². The van der Waals surface area contributed by atoms with Crippen LogP contribution >= 0.6 is 0 Å². The molecule has 1 aliphatic heterocycles. The number of amides is 1. The Hall–Kier alpha value is -3.40. The highest BCUT2D eigenvalue weighted by Crippen LogP contribution is 2.33. The summed E-state index contributed by atoms with van der Waals surface area (Å²) >= 11 is 0. The number of hydrogen-bond donors (Lipinski definition) is 2. The Kier molecular flexibility index (Phi) is 7.60. The van der Waals surface area contributed by atoms with Crippen LogP contribution in [0.5, 0.6) is 0 Å². The topological polar surface area (TPSA) is 107 Å². The van der Waals surface area contributed by atoms with Crippen LogP contribution in [0, 0.1) is 11.3 Å². The predicted octanol–water partition coefficient (Wildman–Crippen LogP) is 4.81. The largest absolute Gasteiger partial charge is 0.361 e. The van der Waals surface area contributed by atoms with E-state index in [2.05, 4.69) is 47.7 Å². The zero-order chi connectivity index (χ0) is 22.2. The van der Waals surface area contributed by atoms with Crippen LogP contribution in [0.4, 0.5) is 5.69 Å². The number of rotatable bonds is 7. The third-order valence-electron chi connectivity index (χ3n) is 5.54. The Morgan fingerprint density at radius 3 is 2.65 bits per heavy atom. The van der Waals surface area contributed by atoms with Crippen LogP contribution in [0.1, 0.15) is 57.1 Å². The van der Waals surface area contributed by atoms with Crippen molar-refractivity contribution >= 4 is 23.2 Å². The van der Waals surface area contributed by atoms with E-state index < -0.39 is 6.17 Å². The molecule has 1 heterocycles. The number of nitrogens with one attached hydrogen (secondary N) is 1. The monoisotopic (exact) mass is 418 g/mol. The zero-order valence-corrected chi connectivity index (χ0v) is 18.3. The minimum Gasteiger partial charge on any atom is -0.361 e. The summed E-state index contributed by atoms with van der Waals surface area (Å²) in [6.07, 6.45) is 9.28. The van der Waals surface area contributed by atoms with Crippen LogP contribution in [0.3, 0.4) is 0 Å². The molecule has 3 rings (SSSR count). The summed E-state index contributed by atoms with van der Waals surface area (Å²) in [5.74, 6) is 5.39. The fraction of sp³-hybridized carbons (Fsp3) is 0.417. The molecule has 1 unspecified atom stereocenters. The van der Waals surface area contributed by atoms with Crippen LogP contribution in [0.2, 0.25) is 0 Å².